The molecule has 7 N–H and O–H groups in total. The second-order valence-corrected chi connectivity index (χ2v) is 10.9. The van der Waals surface area contributed by atoms with Gasteiger partial charge in [0.25, 0.3) is 0 Å². The second kappa shape index (κ2) is 17.4. The molecule has 0 unspecified atom stereocenters. The van der Waals surface area contributed by atoms with Crippen LogP contribution in [0.4, 0.5) is 0 Å². The first-order chi connectivity index (χ1) is 14.8. The first-order valence-corrected chi connectivity index (χ1v) is 15.3. The van der Waals surface area contributed by atoms with E-state index < -0.39 is 0 Å². The monoisotopic (exact) mass is 505 g/mol. The van der Waals surface area contributed by atoms with Crippen molar-refractivity contribution in [3.63, 3.8) is 0 Å². The average molecular weight is 506 g/mol. The Kier molecular flexibility index (Phi) is 15.7. The van der Waals surface area contributed by atoms with Gasteiger partial charge in [-0.3, -0.25) is 0 Å². The molecule has 9 heteroatoms. The number of hydrogen-bond donors (Lipinski definition) is 6. The second-order valence-electron chi connectivity index (χ2n) is 8.90. The Morgan fingerprint density at radius 1 is 0.667 bits per heavy atom. The summed E-state index contributed by atoms with van der Waals surface area (Å²) in [6, 6.07) is 3.05. The SMILES string of the molecule is NCCC[C@H]1CN[C@@H]2CCCC[C@H]2NCCN[C@@H]2CCCC[C@H]2NCCN1.[Cl][Mn][Cl]. The predicted octanol–water partition coefficient (Wildman–Crippen LogP) is 2.05. The van der Waals surface area contributed by atoms with Gasteiger partial charge in [0, 0.05) is 62.9 Å². The number of nitrogens with two attached hydrogens (primary N) is 1. The van der Waals surface area contributed by atoms with Crippen molar-refractivity contribution in [1.29, 1.82) is 0 Å². The number of halogens is 2. The van der Waals surface area contributed by atoms with Crippen LogP contribution in [0.1, 0.15) is 64.2 Å². The van der Waals surface area contributed by atoms with Gasteiger partial charge in [-0.15, -0.1) is 0 Å². The van der Waals surface area contributed by atoms with E-state index in [1.54, 1.807) is 0 Å². The normalized spacial score (nSPS) is 34.3. The molecular weight excluding hydrogens is 462 g/mol. The Bertz CT molecular complexity index is 423. The van der Waals surface area contributed by atoms with Crippen LogP contribution in [0, 0.1) is 0 Å². The van der Waals surface area contributed by atoms with Gasteiger partial charge in [0.1, 0.15) is 0 Å². The van der Waals surface area contributed by atoms with Gasteiger partial charge in [0.2, 0.25) is 0 Å². The molecule has 2 aliphatic carbocycles. The van der Waals surface area contributed by atoms with Crippen LogP contribution in [0.15, 0.2) is 0 Å². The maximum absolute atomic E-state index is 5.77. The summed E-state index contributed by atoms with van der Waals surface area (Å²) in [4.78, 5) is 0. The third kappa shape index (κ3) is 10.7. The molecule has 179 valence electrons. The van der Waals surface area contributed by atoms with E-state index in [9.17, 15) is 0 Å². The molecule has 0 radical (unpaired) electrons. The summed E-state index contributed by atoms with van der Waals surface area (Å²) in [7, 11) is 9.59. The zero-order valence-corrected chi connectivity index (χ0v) is 21.1. The molecule has 3 rings (SSSR count). The van der Waals surface area contributed by atoms with Crippen LogP contribution in [0.5, 0.6) is 0 Å². The molecule has 3 fully saturated rings. The van der Waals surface area contributed by atoms with Crippen molar-refractivity contribution in [3.05, 3.63) is 0 Å². The fraction of sp³-hybridized carbons (Fsp3) is 1.00. The summed E-state index contributed by atoms with van der Waals surface area (Å²) in [5, 5.41) is 19.2. The summed E-state index contributed by atoms with van der Waals surface area (Å²) >= 11 is 0.00694. The zero-order chi connectivity index (χ0) is 21.4. The molecule has 2 saturated carbocycles. The number of hydrogen-bond acceptors (Lipinski definition) is 6. The zero-order valence-electron chi connectivity index (χ0n) is 18.4. The van der Waals surface area contributed by atoms with Crippen LogP contribution in [-0.2, 0) is 13.1 Å². The standard InChI is InChI=1S/C21H44N6.2ClH.Mn/c22-11-5-6-17-16-27-21-10-4-3-9-20(21)26-15-14-25-19-8-2-1-7-18(19)24-13-12-23-17;;;/h17-21,23-27H,1-16,22H2;2*1H;/q;;;+2/p-2/t17-,18+,19+,20+,21+;;;/m0.../s1. The van der Waals surface area contributed by atoms with Gasteiger partial charge in [-0.25, -0.2) is 0 Å². The maximum atomic E-state index is 5.77. The molecule has 1 heterocycles. The van der Waals surface area contributed by atoms with Gasteiger partial charge in [-0.2, -0.15) is 0 Å². The van der Waals surface area contributed by atoms with E-state index in [0.29, 0.717) is 30.2 Å². The predicted molar refractivity (Wildman–Crippen MR) is 126 cm³/mol. The Balaban J connectivity index is 0.00000101. The van der Waals surface area contributed by atoms with Gasteiger partial charge in [-0.05, 0) is 45.1 Å². The van der Waals surface area contributed by atoms with Gasteiger partial charge in [-0.1, -0.05) is 25.7 Å². The van der Waals surface area contributed by atoms with E-state index in [1.165, 1.54) is 57.8 Å². The molecule has 30 heavy (non-hydrogen) atoms. The molecule has 1 saturated heterocycles. The quantitative estimate of drug-likeness (QED) is 0.329. The average Bonchev–Trinajstić information content (AvgIpc) is 2.77. The van der Waals surface area contributed by atoms with Gasteiger partial charge >= 0.3 is 33.3 Å². The van der Waals surface area contributed by atoms with Crippen molar-refractivity contribution in [3.8, 4) is 0 Å². The van der Waals surface area contributed by atoms with E-state index in [0.717, 1.165) is 45.7 Å². The van der Waals surface area contributed by atoms with Crippen molar-refractivity contribution in [2.45, 2.75) is 94.4 Å². The summed E-state index contributed by atoms with van der Waals surface area (Å²) in [5.74, 6) is 0. The van der Waals surface area contributed by atoms with Crippen molar-refractivity contribution in [1.82, 2.24) is 26.6 Å². The van der Waals surface area contributed by atoms with E-state index in [2.05, 4.69) is 26.6 Å². The van der Waals surface area contributed by atoms with Crippen LogP contribution in [-0.4, -0.2) is 69.5 Å². The molecule has 0 aromatic rings. The molecule has 0 bridgehead atoms. The van der Waals surface area contributed by atoms with E-state index >= 15 is 0 Å². The van der Waals surface area contributed by atoms with Gasteiger partial charge < -0.3 is 32.3 Å². The van der Waals surface area contributed by atoms with Crippen molar-refractivity contribution in [2.75, 3.05) is 39.3 Å². The minimum absolute atomic E-state index is 0.00694. The third-order valence-electron chi connectivity index (χ3n) is 6.82. The first kappa shape index (κ1) is 27.1. The van der Waals surface area contributed by atoms with Crippen molar-refractivity contribution >= 4 is 20.2 Å². The van der Waals surface area contributed by atoms with Gasteiger partial charge in [0.05, 0.1) is 0 Å². The number of rotatable bonds is 3. The molecule has 6 nitrogen and oxygen atoms in total. The minimum atomic E-state index is 0.00694. The molecule has 0 aromatic carbocycles. The third-order valence-corrected chi connectivity index (χ3v) is 6.82. The topological polar surface area (TPSA) is 86.2 Å². The fourth-order valence-electron chi connectivity index (χ4n) is 5.22. The van der Waals surface area contributed by atoms with Crippen molar-refractivity contribution in [2.24, 2.45) is 5.73 Å². The summed E-state index contributed by atoms with van der Waals surface area (Å²) in [6.45, 7) is 6.13. The Labute approximate surface area is 198 Å². The van der Waals surface area contributed by atoms with E-state index in [1.807, 2.05) is 0 Å². The number of nitrogens with one attached hydrogen (secondary N) is 5. The van der Waals surface area contributed by atoms with Crippen LogP contribution < -0.4 is 32.3 Å². The van der Waals surface area contributed by atoms with Crippen LogP contribution in [0.2, 0.25) is 0 Å². The van der Waals surface area contributed by atoms with E-state index in [4.69, 9.17) is 25.9 Å². The molecule has 0 spiro atoms. The molecule has 5 atom stereocenters. The summed E-state index contributed by atoms with van der Waals surface area (Å²) < 4.78 is 0. The Morgan fingerprint density at radius 2 is 1.07 bits per heavy atom. The molecule has 3 aliphatic rings. The van der Waals surface area contributed by atoms with Crippen molar-refractivity contribution < 1.29 is 13.1 Å². The van der Waals surface area contributed by atoms with Crippen LogP contribution >= 0.6 is 20.2 Å². The van der Waals surface area contributed by atoms with E-state index in [-0.39, 0.29) is 13.1 Å². The Morgan fingerprint density at radius 3 is 1.50 bits per heavy atom. The fourth-order valence-corrected chi connectivity index (χ4v) is 5.22. The summed E-state index contributed by atoms with van der Waals surface area (Å²) in [6.07, 6.45) is 13.0. The Hall–Kier alpha value is 0.859. The first-order valence-electron chi connectivity index (χ1n) is 12.0. The van der Waals surface area contributed by atoms with Crippen LogP contribution in [0.3, 0.4) is 0 Å². The summed E-state index contributed by atoms with van der Waals surface area (Å²) in [5.41, 5.74) is 5.77. The van der Waals surface area contributed by atoms with Crippen LogP contribution in [0.25, 0.3) is 0 Å². The van der Waals surface area contributed by atoms with Gasteiger partial charge in [0.15, 0.2) is 0 Å². The molecule has 0 aromatic heterocycles. The molecule has 1 aliphatic heterocycles. The number of fused-ring (bicyclic) bond motifs is 2. The molecular formula is C21H44Cl2MnN6. The molecule has 0 amide bonds.